The van der Waals surface area contributed by atoms with Gasteiger partial charge in [0.15, 0.2) is 0 Å². The minimum atomic E-state index is -4.65. The van der Waals surface area contributed by atoms with Crippen LogP contribution in [0.15, 0.2) is 48.5 Å². The molecular formula is C22H22F4N2O4. The zero-order valence-corrected chi connectivity index (χ0v) is 17.3. The molecule has 0 radical (unpaired) electrons. The van der Waals surface area contributed by atoms with Gasteiger partial charge in [-0.25, -0.2) is 9.18 Å². The second-order valence-electron chi connectivity index (χ2n) is 7.03. The van der Waals surface area contributed by atoms with Gasteiger partial charge >= 0.3 is 12.1 Å². The molecule has 2 aromatic rings. The SMILES string of the molecule is COC(=O)[C@@H](Cc1ccccc1C(F)(F)F)NC(=O)[C@@H](Cc1ccc(F)cc1)NC(C)=O. The van der Waals surface area contributed by atoms with Crippen LogP contribution in [0.25, 0.3) is 0 Å². The van der Waals surface area contributed by atoms with Crippen LogP contribution in [-0.2, 0) is 38.1 Å². The van der Waals surface area contributed by atoms with Crippen LogP contribution in [0.1, 0.15) is 23.6 Å². The third-order valence-corrected chi connectivity index (χ3v) is 4.60. The van der Waals surface area contributed by atoms with Gasteiger partial charge in [-0.15, -0.1) is 0 Å². The van der Waals surface area contributed by atoms with E-state index in [0.29, 0.717) is 5.56 Å². The molecule has 0 fully saturated rings. The van der Waals surface area contributed by atoms with Crippen molar-refractivity contribution in [2.24, 2.45) is 0 Å². The molecule has 0 aliphatic rings. The lowest BCUT2D eigenvalue weighted by Crippen LogP contribution is -2.53. The van der Waals surface area contributed by atoms with E-state index in [9.17, 15) is 31.9 Å². The largest absolute Gasteiger partial charge is 0.467 e. The molecule has 0 aliphatic heterocycles. The number of halogens is 4. The molecule has 0 spiro atoms. The molecule has 32 heavy (non-hydrogen) atoms. The maximum atomic E-state index is 13.3. The molecule has 0 unspecified atom stereocenters. The number of nitrogens with one attached hydrogen (secondary N) is 2. The highest BCUT2D eigenvalue weighted by Gasteiger charge is 2.35. The van der Waals surface area contributed by atoms with Gasteiger partial charge in [0.2, 0.25) is 11.8 Å². The fraction of sp³-hybridized carbons (Fsp3) is 0.318. The first-order chi connectivity index (χ1) is 15.0. The second kappa shape index (κ2) is 10.7. The number of amides is 2. The minimum absolute atomic E-state index is 0.0290. The topological polar surface area (TPSA) is 84.5 Å². The fourth-order valence-electron chi connectivity index (χ4n) is 3.11. The third-order valence-electron chi connectivity index (χ3n) is 4.60. The maximum absolute atomic E-state index is 13.3. The summed E-state index contributed by atoms with van der Waals surface area (Å²) in [5.74, 6) is -2.77. The number of rotatable bonds is 8. The smallest absolute Gasteiger partial charge is 0.416 e. The maximum Gasteiger partial charge on any atom is 0.416 e. The number of methoxy groups -OCH3 is 1. The van der Waals surface area contributed by atoms with Crippen LogP contribution in [0.5, 0.6) is 0 Å². The highest BCUT2D eigenvalue weighted by molar-refractivity contribution is 5.90. The lowest BCUT2D eigenvalue weighted by atomic mass is 9.99. The lowest BCUT2D eigenvalue weighted by molar-refractivity contribution is -0.146. The van der Waals surface area contributed by atoms with E-state index in [0.717, 1.165) is 13.2 Å². The fourth-order valence-corrected chi connectivity index (χ4v) is 3.11. The molecule has 0 heterocycles. The van der Waals surface area contributed by atoms with Crippen molar-refractivity contribution in [2.75, 3.05) is 7.11 Å². The Morgan fingerprint density at radius 3 is 2.12 bits per heavy atom. The van der Waals surface area contributed by atoms with Gasteiger partial charge in [-0.2, -0.15) is 13.2 Å². The molecule has 2 N–H and O–H groups in total. The number of carbonyl (C=O) groups excluding carboxylic acids is 3. The molecule has 0 bridgehead atoms. The van der Waals surface area contributed by atoms with Crippen molar-refractivity contribution in [1.82, 2.24) is 10.6 Å². The van der Waals surface area contributed by atoms with Crippen LogP contribution in [0.4, 0.5) is 17.6 Å². The van der Waals surface area contributed by atoms with Gasteiger partial charge in [0.1, 0.15) is 17.9 Å². The summed E-state index contributed by atoms with van der Waals surface area (Å²) in [6.45, 7) is 1.18. The molecule has 2 aromatic carbocycles. The number of benzene rings is 2. The van der Waals surface area contributed by atoms with Crippen molar-refractivity contribution in [3.05, 3.63) is 71.0 Å². The summed E-state index contributed by atoms with van der Waals surface area (Å²) in [5.41, 5.74) is -0.615. The van der Waals surface area contributed by atoms with Crippen molar-refractivity contribution >= 4 is 17.8 Å². The summed E-state index contributed by atoms with van der Waals surface area (Å²) >= 11 is 0. The van der Waals surface area contributed by atoms with E-state index in [2.05, 4.69) is 15.4 Å². The van der Waals surface area contributed by atoms with Crippen molar-refractivity contribution in [2.45, 2.75) is 38.0 Å². The van der Waals surface area contributed by atoms with Crippen molar-refractivity contribution in [3.8, 4) is 0 Å². The van der Waals surface area contributed by atoms with E-state index in [4.69, 9.17) is 0 Å². The molecule has 0 saturated carbocycles. The first-order valence-electron chi connectivity index (χ1n) is 9.56. The number of carbonyl (C=O) groups is 3. The number of hydrogen-bond acceptors (Lipinski definition) is 4. The van der Waals surface area contributed by atoms with Gasteiger partial charge in [0.05, 0.1) is 12.7 Å². The molecule has 2 rings (SSSR count). The molecule has 172 valence electrons. The normalized spacial score (nSPS) is 13.1. The first kappa shape index (κ1) is 24.8. The summed E-state index contributed by atoms with van der Waals surface area (Å²) in [6, 6.07) is 7.32. The van der Waals surface area contributed by atoms with E-state index in [-0.39, 0.29) is 12.0 Å². The summed E-state index contributed by atoms with van der Waals surface area (Å²) < 4.78 is 57.7. The van der Waals surface area contributed by atoms with E-state index in [1.54, 1.807) is 0 Å². The molecule has 0 saturated heterocycles. The average molecular weight is 454 g/mol. The Morgan fingerprint density at radius 2 is 1.56 bits per heavy atom. The van der Waals surface area contributed by atoms with Gasteiger partial charge in [0.25, 0.3) is 0 Å². The van der Waals surface area contributed by atoms with E-state index in [1.807, 2.05) is 0 Å². The number of ether oxygens (including phenoxy) is 1. The number of hydrogen-bond donors (Lipinski definition) is 2. The summed E-state index contributed by atoms with van der Waals surface area (Å²) in [7, 11) is 1.04. The number of esters is 1. The van der Waals surface area contributed by atoms with Gasteiger partial charge in [-0.3, -0.25) is 9.59 Å². The van der Waals surface area contributed by atoms with Crippen LogP contribution < -0.4 is 10.6 Å². The lowest BCUT2D eigenvalue weighted by Gasteiger charge is -2.23. The van der Waals surface area contributed by atoms with Crippen molar-refractivity contribution in [1.29, 1.82) is 0 Å². The van der Waals surface area contributed by atoms with E-state index in [1.165, 1.54) is 49.4 Å². The second-order valence-corrected chi connectivity index (χ2v) is 7.03. The predicted octanol–water partition coefficient (Wildman–Crippen LogP) is 2.79. The Bertz CT molecular complexity index is 961. The monoisotopic (exact) mass is 454 g/mol. The standard InChI is InChI=1S/C22H22F4N2O4/c1-13(29)27-18(11-14-7-9-16(23)10-8-14)20(30)28-19(21(31)32-2)12-15-5-3-4-6-17(15)22(24,25)26/h3-10,18-19H,11-12H2,1-2H3,(H,27,29)(H,28,30)/t18-,19-/m1/s1. The predicted molar refractivity (Wildman–Crippen MR) is 107 cm³/mol. The summed E-state index contributed by atoms with van der Waals surface area (Å²) in [4.78, 5) is 36.6. The molecule has 10 heteroatoms. The molecule has 6 nitrogen and oxygen atoms in total. The molecule has 2 atom stereocenters. The Labute approximate surface area is 181 Å². The Balaban J connectivity index is 2.25. The zero-order valence-electron chi connectivity index (χ0n) is 17.3. The van der Waals surface area contributed by atoms with E-state index >= 15 is 0 Å². The molecule has 0 aromatic heterocycles. The Kier molecular flexibility index (Phi) is 8.34. The summed E-state index contributed by atoms with van der Waals surface area (Å²) in [6.07, 6.45) is -5.15. The van der Waals surface area contributed by atoms with Gasteiger partial charge in [-0.1, -0.05) is 30.3 Å². The van der Waals surface area contributed by atoms with Crippen LogP contribution in [-0.4, -0.2) is 37.0 Å². The molecular weight excluding hydrogens is 432 g/mol. The molecule has 2 amide bonds. The average Bonchev–Trinajstić information content (AvgIpc) is 2.73. The van der Waals surface area contributed by atoms with Gasteiger partial charge in [0, 0.05) is 19.8 Å². The third kappa shape index (κ3) is 7.07. The van der Waals surface area contributed by atoms with Gasteiger partial charge in [-0.05, 0) is 29.3 Å². The van der Waals surface area contributed by atoms with Gasteiger partial charge < -0.3 is 15.4 Å². The zero-order chi connectivity index (χ0) is 23.9. The summed E-state index contributed by atoms with van der Waals surface area (Å²) in [5, 5.41) is 4.79. The highest BCUT2D eigenvalue weighted by atomic mass is 19.4. The van der Waals surface area contributed by atoms with Crippen LogP contribution in [0, 0.1) is 5.82 Å². The van der Waals surface area contributed by atoms with E-state index < -0.39 is 53.8 Å². The minimum Gasteiger partial charge on any atom is -0.467 e. The quantitative estimate of drug-likeness (QED) is 0.475. The van der Waals surface area contributed by atoms with Crippen LogP contribution >= 0.6 is 0 Å². The Morgan fingerprint density at radius 1 is 0.938 bits per heavy atom. The van der Waals surface area contributed by atoms with Crippen molar-refractivity contribution in [3.63, 3.8) is 0 Å². The van der Waals surface area contributed by atoms with Crippen molar-refractivity contribution < 1.29 is 36.7 Å². The first-order valence-corrected chi connectivity index (χ1v) is 9.56. The highest BCUT2D eigenvalue weighted by Crippen LogP contribution is 2.32. The van der Waals surface area contributed by atoms with Crippen LogP contribution in [0.3, 0.4) is 0 Å². The Hall–Kier alpha value is -3.43. The van der Waals surface area contributed by atoms with Crippen LogP contribution in [0.2, 0.25) is 0 Å². The molecule has 0 aliphatic carbocycles. The number of alkyl halides is 3.